The molecule has 0 bridgehead atoms. The fraction of sp³-hybridized carbons (Fsp3) is 0.381. The normalized spacial score (nSPS) is 15.3. The average Bonchev–Trinajstić information content (AvgIpc) is 3.16. The molecule has 1 heterocycles. The topological polar surface area (TPSA) is 35.6 Å². The molecule has 138 valence electrons. The van der Waals surface area contributed by atoms with Crippen LogP contribution in [0.1, 0.15) is 30.0 Å². The van der Waals surface area contributed by atoms with Crippen LogP contribution in [0.2, 0.25) is 0 Å². The molecule has 1 unspecified atom stereocenters. The van der Waals surface area contributed by atoms with Crippen LogP contribution in [0.4, 0.5) is 10.1 Å². The predicted molar refractivity (Wildman–Crippen MR) is 103 cm³/mol. The van der Waals surface area contributed by atoms with Gasteiger partial charge in [0.2, 0.25) is 5.91 Å². The summed E-state index contributed by atoms with van der Waals surface area (Å²) in [7, 11) is 3.71. The van der Waals surface area contributed by atoms with Crippen LogP contribution in [0.5, 0.6) is 0 Å². The molecule has 1 atom stereocenters. The van der Waals surface area contributed by atoms with Gasteiger partial charge in [-0.3, -0.25) is 9.69 Å². The van der Waals surface area contributed by atoms with Crippen LogP contribution in [0.15, 0.2) is 48.5 Å². The zero-order valence-electron chi connectivity index (χ0n) is 15.4. The monoisotopic (exact) mass is 355 g/mol. The molecule has 4 nitrogen and oxygen atoms in total. The summed E-state index contributed by atoms with van der Waals surface area (Å²) < 4.78 is 13.2. The molecule has 0 radical (unpaired) electrons. The first-order valence-corrected chi connectivity index (χ1v) is 9.08. The molecule has 2 aromatic rings. The van der Waals surface area contributed by atoms with Crippen molar-refractivity contribution in [1.82, 2.24) is 10.2 Å². The molecule has 0 saturated carbocycles. The Morgan fingerprint density at radius 1 is 1.12 bits per heavy atom. The van der Waals surface area contributed by atoms with Crippen LogP contribution in [-0.2, 0) is 11.3 Å². The SMILES string of the molecule is CN(C)C(C(=O)NCc1ccccc1N1CCCC1)c1ccc(F)cc1. The van der Waals surface area contributed by atoms with Gasteiger partial charge < -0.3 is 10.2 Å². The molecule has 0 aliphatic carbocycles. The van der Waals surface area contributed by atoms with Gasteiger partial charge in [0.05, 0.1) is 0 Å². The number of nitrogens with one attached hydrogen (secondary N) is 1. The van der Waals surface area contributed by atoms with Crippen molar-refractivity contribution in [3.63, 3.8) is 0 Å². The fourth-order valence-corrected chi connectivity index (χ4v) is 3.53. The summed E-state index contributed by atoms with van der Waals surface area (Å²) in [5.41, 5.74) is 3.11. The minimum absolute atomic E-state index is 0.0853. The highest BCUT2D eigenvalue weighted by molar-refractivity contribution is 5.83. The Morgan fingerprint density at radius 3 is 2.42 bits per heavy atom. The molecule has 1 aliphatic rings. The number of amides is 1. The Kier molecular flexibility index (Phi) is 5.89. The van der Waals surface area contributed by atoms with E-state index < -0.39 is 6.04 Å². The van der Waals surface area contributed by atoms with Gasteiger partial charge in [0, 0.05) is 25.3 Å². The van der Waals surface area contributed by atoms with E-state index in [-0.39, 0.29) is 11.7 Å². The number of anilines is 1. The third kappa shape index (κ3) is 4.22. The Hall–Kier alpha value is -2.40. The number of nitrogens with zero attached hydrogens (tertiary/aromatic N) is 2. The largest absolute Gasteiger partial charge is 0.371 e. The lowest BCUT2D eigenvalue weighted by atomic mass is 10.0. The number of carbonyl (C=O) groups excluding carboxylic acids is 1. The summed E-state index contributed by atoms with van der Waals surface area (Å²) >= 11 is 0. The number of benzene rings is 2. The third-order valence-corrected chi connectivity index (χ3v) is 4.84. The number of hydrogen-bond acceptors (Lipinski definition) is 3. The summed E-state index contributed by atoms with van der Waals surface area (Å²) in [6.45, 7) is 2.62. The Bertz CT molecular complexity index is 739. The first-order chi connectivity index (χ1) is 12.6. The molecule has 0 spiro atoms. The number of likely N-dealkylation sites (N-methyl/N-ethyl adjacent to an activating group) is 1. The van der Waals surface area contributed by atoms with Crippen molar-refractivity contribution >= 4 is 11.6 Å². The van der Waals surface area contributed by atoms with E-state index in [0.717, 1.165) is 24.2 Å². The summed E-state index contributed by atoms with van der Waals surface area (Å²) in [4.78, 5) is 17.0. The fourth-order valence-electron chi connectivity index (χ4n) is 3.53. The molecule has 2 aromatic carbocycles. The van der Waals surface area contributed by atoms with Crippen LogP contribution < -0.4 is 10.2 Å². The van der Waals surface area contributed by atoms with Crippen LogP contribution in [-0.4, -0.2) is 38.0 Å². The summed E-state index contributed by atoms with van der Waals surface area (Å²) in [6.07, 6.45) is 2.43. The molecule has 1 aliphatic heterocycles. The predicted octanol–water partition coefficient (Wildman–Crippen LogP) is 3.35. The molecule has 0 aromatic heterocycles. The van der Waals surface area contributed by atoms with Crippen molar-refractivity contribution in [2.45, 2.75) is 25.4 Å². The zero-order valence-corrected chi connectivity index (χ0v) is 15.4. The van der Waals surface area contributed by atoms with E-state index in [9.17, 15) is 9.18 Å². The van der Waals surface area contributed by atoms with Crippen LogP contribution >= 0.6 is 0 Å². The van der Waals surface area contributed by atoms with Crippen molar-refractivity contribution in [3.8, 4) is 0 Å². The van der Waals surface area contributed by atoms with Gasteiger partial charge in [0.1, 0.15) is 11.9 Å². The molecule has 5 heteroatoms. The minimum atomic E-state index is -0.449. The van der Waals surface area contributed by atoms with Crippen molar-refractivity contribution in [2.75, 3.05) is 32.1 Å². The second kappa shape index (κ2) is 8.32. The van der Waals surface area contributed by atoms with Crippen molar-refractivity contribution < 1.29 is 9.18 Å². The van der Waals surface area contributed by atoms with E-state index in [1.807, 2.05) is 31.1 Å². The van der Waals surface area contributed by atoms with Gasteiger partial charge in [0.25, 0.3) is 0 Å². The van der Waals surface area contributed by atoms with Crippen molar-refractivity contribution in [1.29, 1.82) is 0 Å². The van der Waals surface area contributed by atoms with Gasteiger partial charge in [-0.1, -0.05) is 30.3 Å². The van der Waals surface area contributed by atoms with E-state index in [1.54, 1.807) is 12.1 Å². The van der Waals surface area contributed by atoms with E-state index in [0.29, 0.717) is 6.54 Å². The number of rotatable bonds is 6. The Labute approximate surface area is 154 Å². The second-order valence-electron chi connectivity index (χ2n) is 6.96. The Balaban J connectivity index is 1.72. The van der Waals surface area contributed by atoms with Gasteiger partial charge in [-0.25, -0.2) is 4.39 Å². The Morgan fingerprint density at radius 2 is 1.77 bits per heavy atom. The number of hydrogen-bond donors (Lipinski definition) is 1. The highest BCUT2D eigenvalue weighted by Crippen LogP contribution is 2.25. The van der Waals surface area contributed by atoms with Crippen molar-refractivity contribution in [2.24, 2.45) is 0 Å². The molecule has 26 heavy (non-hydrogen) atoms. The standard InChI is InChI=1S/C21H26FN3O/c1-24(2)20(16-9-11-18(22)12-10-16)21(26)23-15-17-7-3-4-8-19(17)25-13-5-6-14-25/h3-4,7-12,20H,5-6,13-15H2,1-2H3,(H,23,26). The van der Waals surface area contributed by atoms with Gasteiger partial charge >= 0.3 is 0 Å². The summed E-state index contributed by atoms with van der Waals surface area (Å²) in [5.74, 6) is -0.385. The van der Waals surface area contributed by atoms with Crippen molar-refractivity contribution in [3.05, 3.63) is 65.5 Å². The molecule has 1 fully saturated rings. The minimum Gasteiger partial charge on any atom is -0.371 e. The average molecular weight is 355 g/mol. The van der Waals surface area contributed by atoms with Crippen LogP contribution in [0.25, 0.3) is 0 Å². The maximum atomic E-state index is 13.2. The van der Waals surface area contributed by atoms with E-state index in [1.165, 1.54) is 30.7 Å². The lowest BCUT2D eigenvalue weighted by Crippen LogP contribution is -2.37. The smallest absolute Gasteiger partial charge is 0.242 e. The lowest BCUT2D eigenvalue weighted by Gasteiger charge is -2.25. The molecule has 1 saturated heterocycles. The van der Waals surface area contributed by atoms with Gasteiger partial charge in [-0.15, -0.1) is 0 Å². The highest BCUT2D eigenvalue weighted by atomic mass is 19.1. The van der Waals surface area contributed by atoms with Crippen LogP contribution in [0, 0.1) is 5.82 Å². The van der Waals surface area contributed by atoms with Crippen LogP contribution in [0.3, 0.4) is 0 Å². The molecule has 1 N–H and O–H groups in total. The van der Waals surface area contributed by atoms with E-state index >= 15 is 0 Å². The number of halogens is 1. The van der Waals surface area contributed by atoms with Gasteiger partial charge in [0.15, 0.2) is 0 Å². The molecule has 3 rings (SSSR count). The molecular formula is C21H26FN3O. The number of carbonyl (C=O) groups is 1. The summed E-state index contributed by atoms with van der Waals surface area (Å²) in [5, 5.41) is 3.06. The summed E-state index contributed by atoms with van der Waals surface area (Å²) in [6, 6.07) is 13.9. The number of para-hydroxylation sites is 1. The first-order valence-electron chi connectivity index (χ1n) is 9.08. The highest BCUT2D eigenvalue weighted by Gasteiger charge is 2.23. The molecular weight excluding hydrogens is 329 g/mol. The van der Waals surface area contributed by atoms with Gasteiger partial charge in [-0.2, -0.15) is 0 Å². The quantitative estimate of drug-likeness (QED) is 0.863. The maximum absolute atomic E-state index is 13.2. The first kappa shape index (κ1) is 18.4. The van der Waals surface area contributed by atoms with E-state index in [4.69, 9.17) is 0 Å². The lowest BCUT2D eigenvalue weighted by molar-refractivity contribution is -0.125. The second-order valence-corrected chi connectivity index (χ2v) is 6.96. The maximum Gasteiger partial charge on any atom is 0.242 e. The molecule has 1 amide bonds. The van der Waals surface area contributed by atoms with E-state index in [2.05, 4.69) is 22.3 Å². The zero-order chi connectivity index (χ0) is 18.5. The third-order valence-electron chi connectivity index (χ3n) is 4.84. The van der Waals surface area contributed by atoms with Gasteiger partial charge in [-0.05, 0) is 56.3 Å².